The average Bonchev–Trinajstić information content (AvgIpc) is 2.74. The molecule has 1 fully saturated rings. The van der Waals surface area contributed by atoms with Crippen LogP contribution in [-0.2, 0) is 9.59 Å². The number of piperidine rings is 1. The van der Waals surface area contributed by atoms with Gasteiger partial charge in [0.15, 0.2) is 5.82 Å². The topological polar surface area (TPSA) is 87.2 Å². The summed E-state index contributed by atoms with van der Waals surface area (Å²) in [5.74, 6) is -0.735. The largest absolute Gasteiger partial charge is 0.345 e. The number of rotatable bonds is 6. The lowest BCUT2D eigenvalue weighted by molar-refractivity contribution is -0.136. The zero-order valence-electron chi connectivity index (χ0n) is 16.2. The van der Waals surface area contributed by atoms with Crippen LogP contribution in [0.3, 0.4) is 0 Å². The second-order valence-electron chi connectivity index (χ2n) is 7.06. The van der Waals surface area contributed by atoms with E-state index >= 15 is 0 Å². The van der Waals surface area contributed by atoms with Crippen molar-refractivity contribution in [1.82, 2.24) is 20.2 Å². The van der Waals surface area contributed by atoms with E-state index in [1.54, 1.807) is 0 Å². The molecule has 2 amide bonds. The summed E-state index contributed by atoms with van der Waals surface area (Å²) in [7, 11) is 0. The molecule has 0 radical (unpaired) electrons. The maximum absolute atomic E-state index is 12.2. The first kappa shape index (κ1) is 19.9. The number of carbonyl (C=O) groups is 2. The molecule has 0 bridgehead atoms. The van der Waals surface area contributed by atoms with Crippen molar-refractivity contribution >= 4 is 17.5 Å². The van der Waals surface area contributed by atoms with Crippen LogP contribution in [0.15, 0.2) is 42.7 Å². The van der Waals surface area contributed by atoms with Crippen molar-refractivity contribution in [3.63, 3.8) is 0 Å². The van der Waals surface area contributed by atoms with Crippen LogP contribution >= 0.6 is 0 Å². The normalized spacial score (nSPS) is 15.2. The molecule has 1 saturated heterocycles. The molecule has 1 aliphatic rings. The Morgan fingerprint density at radius 3 is 2.39 bits per heavy atom. The second kappa shape index (κ2) is 9.94. The number of likely N-dealkylation sites (tertiary alicyclic amines) is 1. The molecule has 0 saturated carbocycles. The van der Waals surface area contributed by atoms with Gasteiger partial charge in [-0.25, -0.2) is 9.97 Å². The Labute approximate surface area is 165 Å². The van der Waals surface area contributed by atoms with Gasteiger partial charge < -0.3 is 15.5 Å². The van der Waals surface area contributed by atoms with Gasteiger partial charge in [0, 0.05) is 24.7 Å². The van der Waals surface area contributed by atoms with Crippen LogP contribution in [0.2, 0.25) is 0 Å². The van der Waals surface area contributed by atoms with Crippen LogP contribution in [0, 0.1) is 0 Å². The minimum absolute atomic E-state index is 0.0489. The first-order valence-corrected chi connectivity index (χ1v) is 9.87. The lowest BCUT2D eigenvalue weighted by atomic mass is 10.0. The molecular formula is C21H27N5O2. The van der Waals surface area contributed by atoms with Gasteiger partial charge in [-0.15, -0.1) is 0 Å². The number of hydrogen-bond donors (Lipinski definition) is 2. The third-order valence-electron chi connectivity index (χ3n) is 4.90. The van der Waals surface area contributed by atoms with Gasteiger partial charge in [-0.3, -0.25) is 9.59 Å². The number of nitrogens with one attached hydrogen (secondary N) is 2. The third kappa shape index (κ3) is 5.60. The highest BCUT2D eigenvalue weighted by Crippen LogP contribution is 2.15. The zero-order valence-corrected chi connectivity index (χ0v) is 16.2. The zero-order chi connectivity index (χ0) is 19.8. The Bertz CT molecular complexity index is 771. The molecule has 1 aliphatic heterocycles. The van der Waals surface area contributed by atoms with Gasteiger partial charge in [-0.1, -0.05) is 43.7 Å². The summed E-state index contributed by atoms with van der Waals surface area (Å²) in [6, 6.07) is 9.61. The van der Waals surface area contributed by atoms with Crippen molar-refractivity contribution in [2.24, 2.45) is 0 Å². The number of nitrogens with zero attached hydrogens (tertiary/aromatic N) is 3. The third-order valence-corrected chi connectivity index (χ3v) is 4.90. The molecule has 7 nitrogen and oxygen atoms in total. The van der Waals surface area contributed by atoms with E-state index in [0.717, 1.165) is 38.0 Å². The van der Waals surface area contributed by atoms with Crippen molar-refractivity contribution < 1.29 is 9.59 Å². The molecule has 7 heteroatoms. The van der Waals surface area contributed by atoms with E-state index in [-0.39, 0.29) is 6.04 Å². The van der Waals surface area contributed by atoms with Crippen molar-refractivity contribution in [2.45, 2.75) is 38.6 Å². The Morgan fingerprint density at radius 2 is 1.75 bits per heavy atom. The lowest BCUT2D eigenvalue weighted by Gasteiger charge is -2.32. The molecule has 0 atom stereocenters. The predicted octanol–water partition coefficient (Wildman–Crippen LogP) is 2.46. The summed E-state index contributed by atoms with van der Waals surface area (Å²) in [5.41, 5.74) is 1.29. The highest BCUT2D eigenvalue weighted by atomic mass is 16.2. The fourth-order valence-electron chi connectivity index (χ4n) is 3.25. The first-order chi connectivity index (χ1) is 13.7. The number of anilines is 1. The summed E-state index contributed by atoms with van der Waals surface area (Å²) in [6.07, 6.45) is 7.14. The van der Waals surface area contributed by atoms with Gasteiger partial charge in [0.1, 0.15) is 0 Å². The lowest BCUT2D eigenvalue weighted by Crippen LogP contribution is -2.47. The van der Waals surface area contributed by atoms with Crippen LogP contribution in [0.1, 0.15) is 32.6 Å². The van der Waals surface area contributed by atoms with E-state index in [2.05, 4.69) is 32.4 Å². The Balaban J connectivity index is 1.46. The van der Waals surface area contributed by atoms with Crippen molar-refractivity contribution in [1.29, 1.82) is 0 Å². The van der Waals surface area contributed by atoms with Crippen molar-refractivity contribution in [3.05, 3.63) is 42.7 Å². The standard InChI is InChI=1S/C21H27N5O2/c1-2-3-11-26-12-9-17(10-13-26)24-20(27)21(28)25-18-14-22-19(23-15-18)16-7-5-4-6-8-16/h4-8,14-15,17H,2-3,9-13H2,1H3,(H,24,27)(H,25,28). The number of benzene rings is 1. The average molecular weight is 381 g/mol. The van der Waals surface area contributed by atoms with E-state index in [9.17, 15) is 9.59 Å². The summed E-state index contributed by atoms with van der Waals surface area (Å²) >= 11 is 0. The highest BCUT2D eigenvalue weighted by Gasteiger charge is 2.23. The van der Waals surface area contributed by atoms with E-state index in [0.29, 0.717) is 11.5 Å². The van der Waals surface area contributed by atoms with Crippen LogP contribution in [0.25, 0.3) is 11.4 Å². The van der Waals surface area contributed by atoms with E-state index < -0.39 is 11.8 Å². The van der Waals surface area contributed by atoms with Gasteiger partial charge in [0.25, 0.3) is 0 Å². The number of carbonyl (C=O) groups excluding carboxylic acids is 2. The van der Waals surface area contributed by atoms with E-state index in [4.69, 9.17) is 0 Å². The predicted molar refractivity (Wildman–Crippen MR) is 109 cm³/mol. The van der Waals surface area contributed by atoms with Gasteiger partial charge in [-0.05, 0) is 25.8 Å². The molecule has 1 aromatic heterocycles. The van der Waals surface area contributed by atoms with Crippen LogP contribution in [0.5, 0.6) is 0 Å². The van der Waals surface area contributed by atoms with Crippen molar-refractivity contribution in [3.8, 4) is 11.4 Å². The summed E-state index contributed by atoms with van der Waals surface area (Å²) in [5, 5.41) is 5.39. The Morgan fingerprint density at radius 1 is 1.07 bits per heavy atom. The number of aromatic nitrogens is 2. The molecule has 0 unspecified atom stereocenters. The van der Waals surface area contributed by atoms with Crippen molar-refractivity contribution in [2.75, 3.05) is 25.0 Å². The fraction of sp³-hybridized carbons (Fsp3) is 0.429. The van der Waals surface area contributed by atoms with Gasteiger partial charge in [0.05, 0.1) is 18.1 Å². The molecule has 2 heterocycles. The fourth-order valence-corrected chi connectivity index (χ4v) is 3.25. The summed E-state index contributed by atoms with van der Waals surface area (Å²) in [6.45, 7) is 5.21. The molecule has 0 spiro atoms. The molecule has 2 aromatic rings. The molecule has 1 aromatic carbocycles. The smallest absolute Gasteiger partial charge is 0.313 e. The second-order valence-corrected chi connectivity index (χ2v) is 7.06. The first-order valence-electron chi connectivity index (χ1n) is 9.87. The van der Waals surface area contributed by atoms with Gasteiger partial charge in [-0.2, -0.15) is 0 Å². The number of hydrogen-bond acceptors (Lipinski definition) is 5. The minimum Gasteiger partial charge on any atom is -0.345 e. The Hall–Kier alpha value is -2.80. The van der Waals surface area contributed by atoms with Crippen LogP contribution in [-0.4, -0.2) is 52.4 Å². The summed E-state index contributed by atoms with van der Waals surface area (Å²) in [4.78, 5) is 35.2. The molecule has 3 rings (SSSR count). The maximum Gasteiger partial charge on any atom is 0.313 e. The van der Waals surface area contributed by atoms with Crippen LogP contribution < -0.4 is 10.6 Å². The van der Waals surface area contributed by atoms with Crippen LogP contribution in [0.4, 0.5) is 5.69 Å². The molecular weight excluding hydrogens is 354 g/mol. The molecule has 0 aliphatic carbocycles. The quantitative estimate of drug-likeness (QED) is 0.751. The van der Waals surface area contributed by atoms with Gasteiger partial charge >= 0.3 is 11.8 Å². The van der Waals surface area contributed by atoms with E-state index in [1.807, 2.05) is 30.3 Å². The monoisotopic (exact) mass is 381 g/mol. The van der Waals surface area contributed by atoms with E-state index in [1.165, 1.54) is 25.2 Å². The highest BCUT2D eigenvalue weighted by molar-refractivity contribution is 6.39. The molecule has 148 valence electrons. The number of unbranched alkanes of at least 4 members (excludes halogenated alkanes) is 1. The Kier molecular flexibility index (Phi) is 7.08. The SMILES string of the molecule is CCCCN1CCC(NC(=O)C(=O)Nc2cnc(-c3ccccc3)nc2)CC1. The molecule has 2 N–H and O–H groups in total. The minimum atomic E-state index is -0.690. The molecule has 28 heavy (non-hydrogen) atoms. The maximum atomic E-state index is 12.2. The number of amides is 2. The summed E-state index contributed by atoms with van der Waals surface area (Å²) < 4.78 is 0. The van der Waals surface area contributed by atoms with Gasteiger partial charge in [0.2, 0.25) is 0 Å².